The SMILES string of the molecule is CC(C)N(C)S(=O)(=O)c1ccc(NC(=O)Cc2coc3cc4c(cc23)CCC4)cc1. The van der Waals surface area contributed by atoms with Crippen molar-refractivity contribution in [1.29, 1.82) is 0 Å². The summed E-state index contributed by atoms with van der Waals surface area (Å²) in [6.45, 7) is 3.64. The van der Waals surface area contributed by atoms with Gasteiger partial charge in [0.25, 0.3) is 0 Å². The number of nitrogens with zero attached hydrogens (tertiary/aromatic N) is 1. The van der Waals surface area contributed by atoms with Crippen molar-refractivity contribution >= 4 is 32.6 Å². The van der Waals surface area contributed by atoms with Crippen LogP contribution >= 0.6 is 0 Å². The first kappa shape index (κ1) is 20.6. The zero-order chi connectivity index (χ0) is 21.5. The highest BCUT2D eigenvalue weighted by Crippen LogP contribution is 2.30. The minimum atomic E-state index is -3.55. The maximum atomic E-state index is 12.6. The summed E-state index contributed by atoms with van der Waals surface area (Å²) in [5.41, 5.74) is 4.91. The summed E-state index contributed by atoms with van der Waals surface area (Å²) >= 11 is 0. The number of carbonyl (C=O) groups excluding carboxylic acids is 1. The van der Waals surface area contributed by atoms with Gasteiger partial charge in [0.1, 0.15) is 5.58 Å². The second-order valence-corrected chi connectivity index (χ2v) is 10.1. The van der Waals surface area contributed by atoms with E-state index in [1.54, 1.807) is 25.4 Å². The van der Waals surface area contributed by atoms with Gasteiger partial charge in [-0.2, -0.15) is 4.31 Å². The molecule has 2 aromatic carbocycles. The number of aryl methyl sites for hydroxylation is 2. The lowest BCUT2D eigenvalue weighted by molar-refractivity contribution is -0.115. The van der Waals surface area contributed by atoms with Crippen LogP contribution in [0.5, 0.6) is 0 Å². The molecule has 0 spiro atoms. The summed E-state index contributed by atoms with van der Waals surface area (Å²) in [6.07, 6.45) is 5.17. The fraction of sp³-hybridized carbons (Fsp3) is 0.348. The fourth-order valence-corrected chi connectivity index (χ4v) is 5.18. The third-order valence-corrected chi connectivity index (χ3v) is 7.81. The van der Waals surface area contributed by atoms with Crippen LogP contribution in [0, 0.1) is 0 Å². The predicted octanol–water partition coefficient (Wildman–Crippen LogP) is 4.13. The first-order valence-corrected chi connectivity index (χ1v) is 11.6. The van der Waals surface area contributed by atoms with Gasteiger partial charge in [-0.05, 0) is 80.6 Å². The Hall–Kier alpha value is -2.64. The molecule has 0 bridgehead atoms. The average molecular weight is 427 g/mol. The van der Waals surface area contributed by atoms with Crippen LogP contribution in [0.15, 0.2) is 52.0 Å². The minimum absolute atomic E-state index is 0.139. The van der Waals surface area contributed by atoms with E-state index in [9.17, 15) is 13.2 Å². The van der Waals surface area contributed by atoms with Gasteiger partial charge < -0.3 is 9.73 Å². The summed E-state index contributed by atoms with van der Waals surface area (Å²) in [7, 11) is -1.99. The largest absolute Gasteiger partial charge is 0.464 e. The summed E-state index contributed by atoms with van der Waals surface area (Å²) in [5.74, 6) is -0.173. The van der Waals surface area contributed by atoms with Crippen LogP contribution in [0.2, 0.25) is 0 Å². The van der Waals surface area contributed by atoms with Crippen LogP contribution < -0.4 is 5.32 Å². The predicted molar refractivity (Wildman–Crippen MR) is 117 cm³/mol. The highest BCUT2D eigenvalue weighted by Gasteiger charge is 2.23. The molecule has 7 heteroatoms. The quantitative estimate of drug-likeness (QED) is 0.643. The molecule has 1 aliphatic rings. The van der Waals surface area contributed by atoms with E-state index in [4.69, 9.17) is 4.42 Å². The van der Waals surface area contributed by atoms with E-state index in [-0.39, 0.29) is 23.3 Å². The van der Waals surface area contributed by atoms with E-state index < -0.39 is 10.0 Å². The highest BCUT2D eigenvalue weighted by atomic mass is 32.2. The number of hydrogen-bond donors (Lipinski definition) is 1. The van der Waals surface area contributed by atoms with Crippen molar-refractivity contribution in [2.24, 2.45) is 0 Å². The zero-order valence-electron chi connectivity index (χ0n) is 17.4. The first-order valence-electron chi connectivity index (χ1n) is 10.2. The molecule has 6 nitrogen and oxygen atoms in total. The van der Waals surface area contributed by atoms with Crippen molar-refractivity contribution in [3.8, 4) is 0 Å². The van der Waals surface area contributed by atoms with Crippen molar-refractivity contribution in [2.45, 2.75) is 50.5 Å². The topological polar surface area (TPSA) is 79.6 Å². The van der Waals surface area contributed by atoms with Gasteiger partial charge in [0.05, 0.1) is 17.6 Å². The summed E-state index contributed by atoms with van der Waals surface area (Å²) in [6, 6.07) is 10.3. The molecule has 0 saturated heterocycles. The Bertz CT molecular complexity index is 1190. The smallest absolute Gasteiger partial charge is 0.243 e. The molecule has 1 amide bonds. The number of benzene rings is 2. The van der Waals surface area contributed by atoms with Gasteiger partial charge >= 0.3 is 0 Å². The molecule has 1 aromatic heterocycles. The maximum Gasteiger partial charge on any atom is 0.243 e. The molecule has 0 atom stereocenters. The molecule has 4 rings (SSSR count). The van der Waals surface area contributed by atoms with Crippen molar-refractivity contribution in [3.63, 3.8) is 0 Å². The Balaban J connectivity index is 1.47. The van der Waals surface area contributed by atoms with E-state index in [2.05, 4.69) is 17.4 Å². The number of fused-ring (bicyclic) bond motifs is 2. The van der Waals surface area contributed by atoms with E-state index in [1.165, 1.54) is 27.6 Å². The standard InChI is InChI=1S/C23H26N2O4S/c1-15(2)25(3)30(27,28)20-9-7-19(8-10-20)24-23(26)13-18-14-29-22-12-17-6-4-5-16(17)11-21(18)22/h7-12,14-15H,4-6,13H2,1-3H3,(H,24,26). The lowest BCUT2D eigenvalue weighted by Crippen LogP contribution is -2.33. The number of carbonyl (C=O) groups is 1. The van der Waals surface area contributed by atoms with Crippen molar-refractivity contribution in [2.75, 3.05) is 12.4 Å². The number of sulfonamides is 1. The van der Waals surface area contributed by atoms with Gasteiger partial charge in [-0.15, -0.1) is 0 Å². The van der Waals surface area contributed by atoms with Gasteiger partial charge in [0, 0.05) is 29.7 Å². The molecule has 158 valence electrons. The number of furan rings is 1. The fourth-order valence-electron chi connectivity index (χ4n) is 3.82. The number of rotatable bonds is 6. The Morgan fingerprint density at radius 2 is 1.80 bits per heavy atom. The second kappa shape index (κ2) is 7.89. The van der Waals surface area contributed by atoms with Gasteiger partial charge in [-0.25, -0.2) is 8.42 Å². The molecule has 0 unspecified atom stereocenters. The summed E-state index contributed by atoms with van der Waals surface area (Å²) in [4.78, 5) is 12.8. The van der Waals surface area contributed by atoms with Crippen LogP contribution in [0.25, 0.3) is 11.0 Å². The van der Waals surface area contributed by atoms with Crippen LogP contribution in [0.3, 0.4) is 0 Å². The molecule has 0 radical (unpaired) electrons. The lowest BCUT2D eigenvalue weighted by Gasteiger charge is -2.21. The lowest BCUT2D eigenvalue weighted by atomic mass is 10.0. The molecule has 1 aliphatic carbocycles. The van der Waals surface area contributed by atoms with Gasteiger partial charge in [0.15, 0.2) is 0 Å². The van der Waals surface area contributed by atoms with E-state index >= 15 is 0 Å². The third-order valence-electron chi connectivity index (χ3n) is 5.76. The molecule has 1 heterocycles. The second-order valence-electron chi connectivity index (χ2n) is 8.10. The van der Waals surface area contributed by atoms with E-state index in [0.717, 1.165) is 35.8 Å². The number of anilines is 1. The Kier molecular flexibility index (Phi) is 5.42. The van der Waals surface area contributed by atoms with E-state index in [1.807, 2.05) is 13.8 Å². The molecule has 0 fully saturated rings. The highest BCUT2D eigenvalue weighted by molar-refractivity contribution is 7.89. The van der Waals surface area contributed by atoms with Crippen molar-refractivity contribution < 1.29 is 17.6 Å². The van der Waals surface area contributed by atoms with E-state index in [0.29, 0.717) is 5.69 Å². The summed E-state index contributed by atoms with van der Waals surface area (Å²) in [5, 5.41) is 3.83. The monoisotopic (exact) mass is 426 g/mol. The normalized spacial score (nSPS) is 13.9. The van der Waals surface area contributed by atoms with Gasteiger partial charge in [-0.1, -0.05) is 0 Å². The molecule has 0 saturated carbocycles. The first-order chi connectivity index (χ1) is 14.3. The number of amides is 1. The molecule has 30 heavy (non-hydrogen) atoms. The number of nitrogens with one attached hydrogen (secondary N) is 1. The van der Waals surface area contributed by atoms with Crippen LogP contribution in [-0.4, -0.2) is 31.7 Å². The molecule has 0 aliphatic heterocycles. The molecular formula is C23H26N2O4S. The van der Waals surface area contributed by atoms with Gasteiger partial charge in [0.2, 0.25) is 15.9 Å². The van der Waals surface area contributed by atoms with Crippen molar-refractivity contribution in [3.05, 3.63) is 59.4 Å². The van der Waals surface area contributed by atoms with Crippen molar-refractivity contribution in [1.82, 2.24) is 4.31 Å². The molecular weight excluding hydrogens is 400 g/mol. The zero-order valence-corrected chi connectivity index (χ0v) is 18.3. The van der Waals surface area contributed by atoms with Crippen LogP contribution in [-0.2, 0) is 34.1 Å². The minimum Gasteiger partial charge on any atom is -0.464 e. The molecule has 1 N–H and O–H groups in total. The summed E-state index contributed by atoms with van der Waals surface area (Å²) < 4.78 is 32.1. The Morgan fingerprint density at radius 1 is 1.13 bits per heavy atom. The van der Waals surface area contributed by atoms with Crippen LogP contribution in [0.1, 0.15) is 37.0 Å². The Labute approximate surface area is 176 Å². The van der Waals surface area contributed by atoms with Crippen LogP contribution in [0.4, 0.5) is 5.69 Å². The maximum absolute atomic E-state index is 12.6. The Morgan fingerprint density at radius 3 is 2.47 bits per heavy atom. The average Bonchev–Trinajstić information content (AvgIpc) is 3.32. The third kappa shape index (κ3) is 3.87. The molecule has 3 aromatic rings. The van der Waals surface area contributed by atoms with Gasteiger partial charge in [-0.3, -0.25) is 4.79 Å². The number of hydrogen-bond acceptors (Lipinski definition) is 4.